The van der Waals surface area contributed by atoms with Gasteiger partial charge in [-0.1, -0.05) is 0 Å². The molecule has 0 aliphatic carbocycles. The monoisotopic (exact) mass is 193 g/mol. The zero-order valence-electron chi connectivity index (χ0n) is 8.36. The molecule has 1 fully saturated rings. The van der Waals surface area contributed by atoms with Crippen LogP contribution in [-0.4, -0.2) is 30.4 Å². The summed E-state index contributed by atoms with van der Waals surface area (Å²) >= 11 is 0. The molecule has 0 amide bonds. The summed E-state index contributed by atoms with van der Waals surface area (Å²) in [6.07, 6.45) is 2.31. The number of ether oxygens (including phenoxy) is 1. The molecule has 2 rings (SSSR count). The van der Waals surface area contributed by atoms with Crippen LogP contribution in [0, 0.1) is 0 Å². The van der Waals surface area contributed by atoms with Crippen LogP contribution in [0.2, 0.25) is 0 Å². The van der Waals surface area contributed by atoms with Crippen LogP contribution in [0.15, 0.2) is 12.1 Å². The highest BCUT2D eigenvalue weighted by Gasteiger charge is 2.16. The second kappa shape index (κ2) is 4.37. The Balaban J connectivity index is 2.07. The molecule has 0 spiro atoms. The predicted octanol–water partition coefficient (Wildman–Crippen LogP) is 0.952. The first kappa shape index (κ1) is 9.40. The maximum absolute atomic E-state index is 4.97. The first-order chi connectivity index (χ1) is 6.90. The number of nitrogens with zero attached hydrogens (tertiary/aromatic N) is 2. The lowest BCUT2D eigenvalue weighted by molar-refractivity contribution is 0.387. The molecule has 1 saturated heterocycles. The molecular weight excluding hydrogens is 178 g/mol. The van der Waals surface area contributed by atoms with E-state index in [0.717, 1.165) is 31.6 Å². The van der Waals surface area contributed by atoms with Crippen LogP contribution < -0.4 is 10.1 Å². The molecule has 2 heterocycles. The Morgan fingerprint density at radius 2 is 2.07 bits per heavy atom. The van der Waals surface area contributed by atoms with E-state index in [1.807, 2.05) is 12.1 Å². The lowest BCUT2D eigenvalue weighted by atomic mass is 9.94. The third-order valence-electron chi connectivity index (χ3n) is 2.63. The molecule has 4 heteroatoms. The molecule has 0 saturated carbocycles. The maximum Gasteiger partial charge on any atom is 0.233 e. The van der Waals surface area contributed by atoms with Gasteiger partial charge in [-0.2, -0.15) is 5.10 Å². The van der Waals surface area contributed by atoms with Crippen molar-refractivity contribution < 1.29 is 4.74 Å². The Morgan fingerprint density at radius 1 is 1.29 bits per heavy atom. The van der Waals surface area contributed by atoms with Crippen LogP contribution in [0.25, 0.3) is 0 Å². The van der Waals surface area contributed by atoms with Gasteiger partial charge in [-0.05, 0) is 32.0 Å². The number of methoxy groups -OCH3 is 1. The summed E-state index contributed by atoms with van der Waals surface area (Å²) in [5.74, 6) is 1.15. The first-order valence-corrected chi connectivity index (χ1v) is 4.98. The van der Waals surface area contributed by atoms with Crippen LogP contribution in [0.4, 0.5) is 0 Å². The second-order valence-electron chi connectivity index (χ2n) is 3.52. The van der Waals surface area contributed by atoms with E-state index in [2.05, 4.69) is 15.5 Å². The van der Waals surface area contributed by atoms with Crippen LogP contribution in [0.1, 0.15) is 24.5 Å². The minimum absolute atomic E-state index is 0.564. The third-order valence-corrected chi connectivity index (χ3v) is 2.63. The Bertz CT molecular complexity index is 280. The molecule has 0 bridgehead atoms. The van der Waals surface area contributed by atoms with Crippen molar-refractivity contribution in [3.05, 3.63) is 17.8 Å². The van der Waals surface area contributed by atoms with E-state index in [1.165, 1.54) is 0 Å². The summed E-state index contributed by atoms with van der Waals surface area (Å²) in [6, 6.07) is 3.90. The lowest BCUT2D eigenvalue weighted by Gasteiger charge is -2.21. The van der Waals surface area contributed by atoms with Crippen molar-refractivity contribution in [1.29, 1.82) is 0 Å². The standard InChI is InChI=1S/C10H15N3O/c1-14-10-3-2-9(12-13-10)8-4-6-11-7-5-8/h2-3,8,11H,4-7H2,1H3. The van der Waals surface area contributed by atoms with Gasteiger partial charge in [0.2, 0.25) is 5.88 Å². The molecule has 0 aromatic carbocycles. The van der Waals surface area contributed by atoms with Gasteiger partial charge in [0, 0.05) is 12.0 Å². The van der Waals surface area contributed by atoms with E-state index >= 15 is 0 Å². The second-order valence-corrected chi connectivity index (χ2v) is 3.52. The SMILES string of the molecule is COc1ccc(C2CCNCC2)nn1. The van der Waals surface area contributed by atoms with E-state index < -0.39 is 0 Å². The maximum atomic E-state index is 4.97. The van der Waals surface area contributed by atoms with E-state index in [9.17, 15) is 0 Å². The molecule has 1 aliphatic heterocycles. The van der Waals surface area contributed by atoms with E-state index in [4.69, 9.17) is 4.74 Å². The highest BCUT2D eigenvalue weighted by molar-refractivity contribution is 5.15. The van der Waals surface area contributed by atoms with Gasteiger partial charge in [-0.3, -0.25) is 0 Å². The zero-order valence-corrected chi connectivity index (χ0v) is 8.36. The van der Waals surface area contributed by atoms with Gasteiger partial charge in [-0.15, -0.1) is 5.10 Å². The fraction of sp³-hybridized carbons (Fsp3) is 0.600. The van der Waals surface area contributed by atoms with E-state index in [0.29, 0.717) is 11.8 Å². The number of hydrogen-bond donors (Lipinski definition) is 1. The average molecular weight is 193 g/mol. The lowest BCUT2D eigenvalue weighted by Crippen LogP contribution is -2.27. The molecule has 76 valence electrons. The molecule has 1 aromatic heterocycles. The number of aromatic nitrogens is 2. The Labute approximate surface area is 83.7 Å². The molecule has 14 heavy (non-hydrogen) atoms. The fourth-order valence-electron chi connectivity index (χ4n) is 1.77. The predicted molar refractivity (Wildman–Crippen MR) is 53.4 cm³/mol. The Hall–Kier alpha value is -1.16. The minimum Gasteiger partial charge on any atom is -0.480 e. The smallest absolute Gasteiger partial charge is 0.233 e. The number of rotatable bonds is 2. The minimum atomic E-state index is 0.564. The van der Waals surface area contributed by atoms with Crippen LogP contribution in [0.3, 0.4) is 0 Å². The van der Waals surface area contributed by atoms with Crippen molar-refractivity contribution in [1.82, 2.24) is 15.5 Å². The van der Waals surface area contributed by atoms with Gasteiger partial charge >= 0.3 is 0 Å². The average Bonchev–Trinajstić information content (AvgIpc) is 2.30. The fourth-order valence-corrected chi connectivity index (χ4v) is 1.77. The highest BCUT2D eigenvalue weighted by Crippen LogP contribution is 2.23. The van der Waals surface area contributed by atoms with Gasteiger partial charge in [0.1, 0.15) is 0 Å². The van der Waals surface area contributed by atoms with Gasteiger partial charge in [0.25, 0.3) is 0 Å². The van der Waals surface area contributed by atoms with Crippen molar-refractivity contribution in [2.75, 3.05) is 20.2 Å². The molecule has 0 atom stereocenters. The van der Waals surface area contributed by atoms with E-state index in [1.54, 1.807) is 7.11 Å². The molecule has 1 aliphatic rings. The molecule has 0 unspecified atom stereocenters. The quantitative estimate of drug-likeness (QED) is 0.759. The van der Waals surface area contributed by atoms with Gasteiger partial charge in [0.05, 0.1) is 12.8 Å². The summed E-state index contributed by atoms with van der Waals surface area (Å²) in [4.78, 5) is 0. The summed E-state index contributed by atoms with van der Waals surface area (Å²) in [5.41, 5.74) is 1.09. The molecule has 1 aromatic rings. The largest absolute Gasteiger partial charge is 0.480 e. The van der Waals surface area contributed by atoms with Gasteiger partial charge < -0.3 is 10.1 Å². The van der Waals surface area contributed by atoms with Crippen LogP contribution in [0.5, 0.6) is 5.88 Å². The Morgan fingerprint density at radius 3 is 2.64 bits per heavy atom. The van der Waals surface area contributed by atoms with Crippen molar-refractivity contribution in [2.24, 2.45) is 0 Å². The molecule has 0 radical (unpaired) electrons. The molecular formula is C10H15N3O. The topological polar surface area (TPSA) is 47.0 Å². The van der Waals surface area contributed by atoms with Crippen LogP contribution >= 0.6 is 0 Å². The Kier molecular flexibility index (Phi) is 2.93. The summed E-state index contributed by atoms with van der Waals surface area (Å²) in [6.45, 7) is 2.16. The van der Waals surface area contributed by atoms with Gasteiger partial charge in [0.15, 0.2) is 0 Å². The number of hydrogen-bond acceptors (Lipinski definition) is 4. The summed E-state index contributed by atoms with van der Waals surface area (Å²) in [5, 5.41) is 11.5. The number of piperidine rings is 1. The zero-order chi connectivity index (χ0) is 9.80. The van der Waals surface area contributed by atoms with Crippen molar-refractivity contribution in [3.63, 3.8) is 0 Å². The summed E-state index contributed by atoms with van der Waals surface area (Å²) in [7, 11) is 1.61. The highest BCUT2D eigenvalue weighted by atomic mass is 16.5. The normalized spacial score (nSPS) is 18.1. The van der Waals surface area contributed by atoms with E-state index in [-0.39, 0.29) is 0 Å². The first-order valence-electron chi connectivity index (χ1n) is 4.98. The van der Waals surface area contributed by atoms with Crippen LogP contribution in [-0.2, 0) is 0 Å². The summed E-state index contributed by atoms with van der Waals surface area (Å²) < 4.78 is 4.97. The van der Waals surface area contributed by atoms with Crippen molar-refractivity contribution in [2.45, 2.75) is 18.8 Å². The van der Waals surface area contributed by atoms with Crippen molar-refractivity contribution >= 4 is 0 Å². The molecule has 4 nitrogen and oxygen atoms in total. The third kappa shape index (κ3) is 2.01. The molecule has 1 N–H and O–H groups in total. The van der Waals surface area contributed by atoms with Gasteiger partial charge in [-0.25, -0.2) is 0 Å². The van der Waals surface area contributed by atoms with Crippen molar-refractivity contribution in [3.8, 4) is 5.88 Å². The number of nitrogens with one attached hydrogen (secondary N) is 1.